The third-order valence-electron chi connectivity index (χ3n) is 1.15. The molecule has 8 heavy (non-hydrogen) atoms. The number of hydrogen-bond donors (Lipinski definition) is 0. The van der Waals surface area contributed by atoms with Gasteiger partial charge in [-0.1, -0.05) is 25.9 Å². The van der Waals surface area contributed by atoms with E-state index in [1.165, 1.54) is 12.1 Å². The maximum Gasteiger partial charge on any atom is 2.00 e. The van der Waals surface area contributed by atoms with Crippen LogP contribution in [0, 0.1) is 6.55 Å². The molecule has 0 atom stereocenters. The van der Waals surface area contributed by atoms with Gasteiger partial charge in [-0.3, -0.25) is 0 Å². The van der Waals surface area contributed by atoms with Crippen molar-refractivity contribution in [2.45, 2.75) is 25.9 Å². The van der Waals surface area contributed by atoms with E-state index in [1.54, 1.807) is 0 Å². The normalized spacial score (nSPS) is 7.50. The van der Waals surface area contributed by atoms with Crippen LogP contribution >= 0.6 is 0 Å². The molecule has 0 aliphatic heterocycles. The van der Waals surface area contributed by atoms with Gasteiger partial charge in [0.1, 0.15) is 0 Å². The Hall–Kier alpha value is 1.71. The van der Waals surface area contributed by atoms with E-state index in [9.17, 15) is 0 Å². The SMILES string of the molecule is [CH2-][SiH](CC)CC.[I-].[Mg+2]. The summed E-state index contributed by atoms with van der Waals surface area (Å²) in [5.74, 6) is 0. The third-order valence-corrected chi connectivity index (χ3v) is 3.46. The summed E-state index contributed by atoms with van der Waals surface area (Å²) in [6.07, 6.45) is 0. The van der Waals surface area contributed by atoms with Crippen LogP contribution in [0.5, 0.6) is 0 Å². The minimum absolute atomic E-state index is 0. The molecule has 0 saturated carbocycles. The van der Waals surface area contributed by atoms with E-state index in [0.29, 0.717) is 0 Å². The first-order chi connectivity index (χ1) is 2.81. The van der Waals surface area contributed by atoms with E-state index < -0.39 is 8.80 Å². The quantitative estimate of drug-likeness (QED) is 0.311. The summed E-state index contributed by atoms with van der Waals surface area (Å²) in [4.78, 5) is 0. The maximum absolute atomic E-state index is 4.01. The zero-order valence-electron chi connectivity index (χ0n) is 5.78. The summed E-state index contributed by atoms with van der Waals surface area (Å²) in [6, 6.07) is 2.72. The first-order valence-corrected chi connectivity index (χ1v) is 5.09. The first-order valence-electron chi connectivity index (χ1n) is 2.64. The van der Waals surface area contributed by atoms with E-state index in [-0.39, 0.29) is 47.0 Å². The van der Waals surface area contributed by atoms with E-state index >= 15 is 0 Å². The molecular weight excluding hydrogens is 239 g/mol. The molecular formula is C5H13IMgSi. The molecule has 0 saturated heterocycles. The number of halogens is 1. The molecule has 0 N–H and O–H groups in total. The molecule has 0 aromatic heterocycles. The van der Waals surface area contributed by atoms with Gasteiger partial charge in [0.15, 0.2) is 0 Å². The summed E-state index contributed by atoms with van der Waals surface area (Å²) in [5.41, 5.74) is 0. The second kappa shape index (κ2) is 11.5. The van der Waals surface area contributed by atoms with Gasteiger partial charge in [0, 0.05) is 0 Å². The Morgan fingerprint density at radius 3 is 1.50 bits per heavy atom. The molecule has 0 amide bonds. The van der Waals surface area contributed by atoms with Crippen LogP contribution in [0.4, 0.5) is 0 Å². The molecule has 0 aromatic rings. The van der Waals surface area contributed by atoms with Crippen molar-refractivity contribution in [3.8, 4) is 0 Å². The molecule has 0 radical (unpaired) electrons. The van der Waals surface area contributed by atoms with E-state index in [0.717, 1.165) is 0 Å². The largest absolute Gasteiger partial charge is 2.00 e. The second-order valence-electron chi connectivity index (χ2n) is 1.68. The van der Waals surface area contributed by atoms with Gasteiger partial charge in [0.2, 0.25) is 0 Å². The summed E-state index contributed by atoms with van der Waals surface area (Å²) in [5, 5.41) is 0. The Labute approximate surface area is 87.6 Å². The van der Waals surface area contributed by atoms with Crippen molar-refractivity contribution in [2.24, 2.45) is 0 Å². The smallest absolute Gasteiger partial charge is 1.00 e. The van der Waals surface area contributed by atoms with Crippen molar-refractivity contribution in [1.82, 2.24) is 0 Å². The average Bonchev–Trinajstić information content (AvgIpc) is 1.65. The third kappa shape index (κ3) is 10.6. The van der Waals surface area contributed by atoms with Crippen LogP contribution in [0.25, 0.3) is 0 Å². The molecule has 0 aromatic carbocycles. The number of hydrogen-bond acceptors (Lipinski definition) is 0. The zero-order chi connectivity index (χ0) is 4.99. The van der Waals surface area contributed by atoms with Crippen LogP contribution in [-0.4, -0.2) is 31.8 Å². The van der Waals surface area contributed by atoms with Gasteiger partial charge in [0.25, 0.3) is 0 Å². The molecule has 0 aliphatic rings. The van der Waals surface area contributed by atoms with Crippen molar-refractivity contribution in [2.75, 3.05) is 0 Å². The van der Waals surface area contributed by atoms with Crippen molar-refractivity contribution < 1.29 is 24.0 Å². The number of rotatable bonds is 2. The molecule has 0 rings (SSSR count). The second-order valence-corrected chi connectivity index (χ2v) is 5.05. The summed E-state index contributed by atoms with van der Waals surface area (Å²) < 4.78 is 0. The Kier molecular flexibility index (Phi) is 23.5. The summed E-state index contributed by atoms with van der Waals surface area (Å²) in [6.45, 7) is 8.47. The molecule has 0 nitrogen and oxygen atoms in total. The van der Waals surface area contributed by atoms with Crippen molar-refractivity contribution in [3.63, 3.8) is 0 Å². The predicted molar refractivity (Wildman–Crippen MR) is 39.2 cm³/mol. The van der Waals surface area contributed by atoms with Crippen LogP contribution < -0.4 is 24.0 Å². The Bertz CT molecular complexity index is 31.6. The minimum Gasteiger partial charge on any atom is -1.00 e. The van der Waals surface area contributed by atoms with Crippen LogP contribution in [0.15, 0.2) is 0 Å². The van der Waals surface area contributed by atoms with Crippen molar-refractivity contribution >= 4 is 31.8 Å². The molecule has 3 heteroatoms. The Morgan fingerprint density at radius 1 is 1.25 bits per heavy atom. The van der Waals surface area contributed by atoms with E-state index in [1.807, 2.05) is 0 Å². The van der Waals surface area contributed by atoms with Crippen LogP contribution in [-0.2, 0) is 0 Å². The standard InChI is InChI=1S/C5H13Si.HI.Mg/c1-4-6(3)5-2;;/h6H,3-5H2,1-2H3;1H;/q-1;;+2/p-1. The molecule has 0 heterocycles. The van der Waals surface area contributed by atoms with Gasteiger partial charge in [-0.2, -0.15) is 0 Å². The molecule has 0 bridgehead atoms. The van der Waals surface area contributed by atoms with Gasteiger partial charge in [-0.05, 0) is 0 Å². The monoisotopic (exact) mass is 252 g/mol. The van der Waals surface area contributed by atoms with Crippen LogP contribution in [0.1, 0.15) is 13.8 Å². The molecule has 0 spiro atoms. The molecule has 0 fully saturated rings. The fourth-order valence-corrected chi connectivity index (χ4v) is 0.866. The van der Waals surface area contributed by atoms with Crippen LogP contribution in [0.2, 0.25) is 12.1 Å². The topological polar surface area (TPSA) is 0 Å². The van der Waals surface area contributed by atoms with Crippen molar-refractivity contribution in [1.29, 1.82) is 0 Å². The maximum atomic E-state index is 4.01. The van der Waals surface area contributed by atoms with Gasteiger partial charge in [-0.25, -0.2) is 0 Å². The van der Waals surface area contributed by atoms with Gasteiger partial charge in [-0.15, -0.1) is 8.80 Å². The Morgan fingerprint density at radius 2 is 1.50 bits per heavy atom. The van der Waals surface area contributed by atoms with Gasteiger partial charge < -0.3 is 30.5 Å². The predicted octanol–water partition coefficient (Wildman–Crippen LogP) is -1.75. The molecule has 0 unspecified atom stereocenters. The fourth-order valence-electron chi connectivity index (χ4n) is 0.289. The first kappa shape index (κ1) is 16.4. The molecule has 0 aliphatic carbocycles. The fraction of sp³-hybridized carbons (Fsp3) is 0.800. The Balaban J connectivity index is -0.000000125. The van der Waals surface area contributed by atoms with Crippen LogP contribution in [0.3, 0.4) is 0 Å². The zero-order valence-corrected chi connectivity index (χ0v) is 10.5. The van der Waals surface area contributed by atoms with E-state index in [2.05, 4.69) is 20.4 Å². The summed E-state index contributed by atoms with van der Waals surface area (Å²) >= 11 is 0. The van der Waals surface area contributed by atoms with Crippen molar-refractivity contribution in [3.05, 3.63) is 6.55 Å². The average molecular weight is 252 g/mol. The minimum atomic E-state index is -0.410. The molecule has 46 valence electrons. The summed E-state index contributed by atoms with van der Waals surface area (Å²) in [7, 11) is -0.410. The van der Waals surface area contributed by atoms with Gasteiger partial charge >= 0.3 is 23.1 Å². The van der Waals surface area contributed by atoms with Gasteiger partial charge in [0.05, 0.1) is 0 Å². The van der Waals surface area contributed by atoms with E-state index in [4.69, 9.17) is 0 Å².